The number of aromatic nitrogens is 2. The number of hydrogen-bond acceptors (Lipinski definition) is 3. The van der Waals surface area contributed by atoms with E-state index in [0.717, 1.165) is 5.82 Å². The Morgan fingerprint density at radius 1 is 1.55 bits per heavy atom. The molecule has 1 aromatic heterocycles. The average molecular weight is 175 g/mol. The van der Waals surface area contributed by atoms with Crippen molar-refractivity contribution in [2.24, 2.45) is 0 Å². The lowest BCUT2D eigenvalue weighted by atomic mass is 10.2. The van der Waals surface area contributed by atoms with Gasteiger partial charge in [0.25, 0.3) is 0 Å². The lowest BCUT2D eigenvalue weighted by Gasteiger charge is -1.91. The number of aryl methyl sites for hydroxylation is 1. The average Bonchev–Trinajstić information content (AvgIpc) is 2.37. The lowest BCUT2D eigenvalue weighted by molar-refractivity contribution is 0.375. The van der Waals surface area contributed by atoms with E-state index in [9.17, 15) is 0 Å². The predicted octanol–water partition coefficient (Wildman–Crippen LogP) is 1.97. The van der Waals surface area contributed by atoms with Gasteiger partial charge in [-0.3, -0.25) is 0 Å². The summed E-state index contributed by atoms with van der Waals surface area (Å²) in [6, 6.07) is 0. The van der Waals surface area contributed by atoms with Crippen LogP contribution in [0.3, 0.4) is 0 Å². The Balaban J connectivity index is 2.66. The maximum atomic E-state index is 5.50. The number of hydrogen-bond donors (Lipinski definition) is 0. The SMILES string of the molecule is CC(C)c1noc(CCCl)n1. The molecule has 0 spiro atoms. The molecular formula is C7H11ClN2O. The molecule has 0 aliphatic heterocycles. The zero-order valence-electron chi connectivity index (χ0n) is 6.67. The predicted molar refractivity (Wildman–Crippen MR) is 42.8 cm³/mol. The Kier molecular flexibility index (Phi) is 2.88. The first-order valence-electron chi connectivity index (χ1n) is 3.62. The van der Waals surface area contributed by atoms with Crippen LogP contribution in [0.2, 0.25) is 0 Å². The molecule has 0 N–H and O–H groups in total. The van der Waals surface area contributed by atoms with Crippen LogP contribution in [0.4, 0.5) is 0 Å². The number of alkyl halides is 1. The fraction of sp³-hybridized carbons (Fsp3) is 0.714. The van der Waals surface area contributed by atoms with Crippen LogP contribution in [0.25, 0.3) is 0 Å². The van der Waals surface area contributed by atoms with E-state index >= 15 is 0 Å². The topological polar surface area (TPSA) is 38.9 Å². The minimum atomic E-state index is 0.322. The van der Waals surface area contributed by atoms with E-state index in [2.05, 4.69) is 10.1 Å². The van der Waals surface area contributed by atoms with Crippen LogP contribution in [-0.2, 0) is 6.42 Å². The Hall–Kier alpha value is -0.570. The monoisotopic (exact) mass is 174 g/mol. The number of rotatable bonds is 3. The molecule has 3 nitrogen and oxygen atoms in total. The summed E-state index contributed by atoms with van der Waals surface area (Å²) >= 11 is 5.50. The van der Waals surface area contributed by atoms with E-state index in [-0.39, 0.29) is 0 Å². The molecule has 0 aliphatic carbocycles. The fourth-order valence-electron chi connectivity index (χ4n) is 0.685. The van der Waals surface area contributed by atoms with E-state index in [4.69, 9.17) is 16.1 Å². The molecule has 0 saturated heterocycles. The molecule has 0 atom stereocenters. The van der Waals surface area contributed by atoms with Crippen LogP contribution < -0.4 is 0 Å². The smallest absolute Gasteiger partial charge is 0.227 e. The van der Waals surface area contributed by atoms with Crippen LogP contribution in [-0.4, -0.2) is 16.0 Å². The summed E-state index contributed by atoms with van der Waals surface area (Å²) in [6.45, 7) is 4.05. The molecule has 0 saturated carbocycles. The van der Waals surface area contributed by atoms with Gasteiger partial charge in [-0.2, -0.15) is 4.98 Å². The highest BCUT2D eigenvalue weighted by Gasteiger charge is 2.07. The Labute approximate surface area is 70.7 Å². The summed E-state index contributed by atoms with van der Waals surface area (Å²) in [5.41, 5.74) is 0. The maximum Gasteiger partial charge on any atom is 0.227 e. The van der Waals surface area contributed by atoms with Gasteiger partial charge in [0.05, 0.1) is 0 Å². The molecule has 0 radical (unpaired) electrons. The van der Waals surface area contributed by atoms with Crippen molar-refractivity contribution >= 4 is 11.6 Å². The molecule has 0 bridgehead atoms. The molecule has 62 valence electrons. The number of halogens is 1. The minimum absolute atomic E-state index is 0.322. The highest BCUT2D eigenvalue weighted by Crippen LogP contribution is 2.09. The van der Waals surface area contributed by atoms with E-state index < -0.39 is 0 Å². The summed E-state index contributed by atoms with van der Waals surface area (Å²) in [5, 5.41) is 3.79. The lowest BCUT2D eigenvalue weighted by Crippen LogP contribution is -1.91. The van der Waals surface area contributed by atoms with Crippen molar-refractivity contribution in [3.05, 3.63) is 11.7 Å². The summed E-state index contributed by atoms with van der Waals surface area (Å²) < 4.78 is 4.92. The van der Waals surface area contributed by atoms with Crippen LogP contribution in [0.1, 0.15) is 31.5 Å². The molecule has 0 aromatic carbocycles. The Morgan fingerprint density at radius 3 is 2.73 bits per heavy atom. The fourth-order valence-corrected chi connectivity index (χ4v) is 0.847. The van der Waals surface area contributed by atoms with Gasteiger partial charge in [-0.25, -0.2) is 0 Å². The van der Waals surface area contributed by atoms with Gasteiger partial charge >= 0.3 is 0 Å². The van der Waals surface area contributed by atoms with Crippen molar-refractivity contribution in [2.75, 3.05) is 5.88 Å². The molecule has 0 unspecified atom stereocenters. The molecular weight excluding hydrogens is 164 g/mol. The zero-order valence-corrected chi connectivity index (χ0v) is 7.43. The van der Waals surface area contributed by atoms with Crippen LogP contribution in [0.5, 0.6) is 0 Å². The van der Waals surface area contributed by atoms with Crippen molar-refractivity contribution in [1.29, 1.82) is 0 Å². The van der Waals surface area contributed by atoms with Gasteiger partial charge in [0.15, 0.2) is 5.82 Å². The third-order valence-corrected chi connectivity index (χ3v) is 1.50. The molecule has 1 rings (SSSR count). The van der Waals surface area contributed by atoms with Crippen molar-refractivity contribution in [3.63, 3.8) is 0 Å². The summed E-state index contributed by atoms with van der Waals surface area (Å²) in [7, 11) is 0. The summed E-state index contributed by atoms with van der Waals surface area (Å²) in [4.78, 5) is 4.14. The summed E-state index contributed by atoms with van der Waals surface area (Å²) in [6.07, 6.45) is 0.654. The van der Waals surface area contributed by atoms with Gasteiger partial charge in [0, 0.05) is 18.2 Å². The second kappa shape index (κ2) is 3.72. The van der Waals surface area contributed by atoms with Crippen molar-refractivity contribution < 1.29 is 4.52 Å². The highest BCUT2D eigenvalue weighted by atomic mass is 35.5. The molecule has 0 amide bonds. The molecule has 1 aromatic rings. The molecule has 11 heavy (non-hydrogen) atoms. The van der Waals surface area contributed by atoms with Crippen LogP contribution >= 0.6 is 11.6 Å². The minimum Gasteiger partial charge on any atom is -0.339 e. The van der Waals surface area contributed by atoms with Crippen molar-refractivity contribution in [2.45, 2.75) is 26.2 Å². The third kappa shape index (κ3) is 2.19. The van der Waals surface area contributed by atoms with Gasteiger partial charge in [0.1, 0.15) is 0 Å². The van der Waals surface area contributed by atoms with Crippen molar-refractivity contribution in [3.8, 4) is 0 Å². The second-order valence-electron chi connectivity index (χ2n) is 2.64. The number of nitrogens with zero attached hydrogens (tertiary/aromatic N) is 2. The van der Waals surface area contributed by atoms with Gasteiger partial charge in [0.2, 0.25) is 5.89 Å². The van der Waals surface area contributed by atoms with E-state index in [1.165, 1.54) is 0 Å². The first-order chi connectivity index (χ1) is 5.24. The Bertz CT molecular complexity index is 222. The van der Waals surface area contributed by atoms with Gasteiger partial charge in [-0.15, -0.1) is 11.6 Å². The normalized spacial score (nSPS) is 10.9. The molecule has 0 fully saturated rings. The standard InChI is InChI=1S/C7H11ClN2O/c1-5(2)7-9-6(3-4-8)11-10-7/h5H,3-4H2,1-2H3. The quantitative estimate of drug-likeness (QED) is 0.658. The van der Waals surface area contributed by atoms with Gasteiger partial charge in [-0.1, -0.05) is 19.0 Å². The second-order valence-corrected chi connectivity index (χ2v) is 3.02. The molecule has 4 heteroatoms. The van der Waals surface area contributed by atoms with Gasteiger partial charge in [-0.05, 0) is 0 Å². The first kappa shape index (κ1) is 8.53. The molecule has 0 aliphatic rings. The van der Waals surface area contributed by atoms with Crippen LogP contribution in [0.15, 0.2) is 4.52 Å². The van der Waals surface area contributed by atoms with Crippen LogP contribution in [0, 0.1) is 0 Å². The Morgan fingerprint density at radius 2 is 2.27 bits per heavy atom. The van der Waals surface area contributed by atoms with Gasteiger partial charge < -0.3 is 4.52 Å². The third-order valence-electron chi connectivity index (χ3n) is 1.31. The summed E-state index contributed by atoms with van der Waals surface area (Å²) in [5.74, 6) is 2.23. The largest absolute Gasteiger partial charge is 0.339 e. The van der Waals surface area contributed by atoms with E-state index in [1.54, 1.807) is 0 Å². The molecule has 1 heterocycles. The van der Waals surface area contributed by atoms with E-state index in [0.29, 0.717) is 24.1 Å². The zero-order chi connectivity index (χ0) is 8.27. The van der Waals surface area contributed by atoms with E-state index in [1.807, 2.05) is 13.8 Å². The van der Waals surface area contributed by atoms with Crippen molar-refractivity contribution in [1.82, 2.24) is 10.1 Å². The first-order valence-corrected chi connectivity index (χ1v) is 4.16. The highest BCUT2D eigenvalue weighted by molar-refractivity contribution is 6.17. The maximum absolute atomic E-state index is 5.50.